The molecule has 1 aliphatic heterocycles. The maximum Gasteiger partial charge on any atom is 0.317 e. The average molecular weight is 425 g/mol. The van der Waals surface area contributed by atoms with Gasteiger partial charge in [0, 0.05) is 23.9 Å². The summed E-state index contributed by atoms with van der Waals surface area (Å²) in [7, 11) is 1.80. The zero-order valence-electron chi connectivity index (χ0n) is 14.5. The van der Waals surface area contributed by atoms with Crippen LogP contribution >= 0.6 is 27.3 Å². The van der Waals surface area contributed by atoms with Gasteiger partial charge < -0.3 is 19.7 Å². The molecule has 0 fully saturated rings. The fourth-order valence-corrected chi connectivity index (χ4v) is 4.13. The van der Waals surface area contributed by atoms with E-state index in [0.29, 0.717) is 13.1 Å². The largest absolute Gasteiger partial charge is 0.454 e. The number of carbonyl (C=O) groups is 1. The van der Waals surface area contributed by atoms with Crippen molar-refractivity contribution < 1.29 is 14.3 Å². The summed E-state index contributed by atoms with van der Waals surface area (Å²) in [4.78, 5) is 15.2. The fourth-order valence-electron chi connectivity index (χ4n) is 2.59. The normalized spacial score (nSPS) is 13.0. The number of nitrogens with one attached hydrogen (secondary N) is 1. The first-order chi connectivity index (χ1) is 11.8. The van der Waals surface area contributed by atoms with Crippen molar-refractivity contribution in [1.82, 2.24) is 10.2 Å². The number of rotatable bonds is 5. The third-order valence-corrected chi connectivity index (χ3v) is 5.81. The summed E-state index contributed by atoms with van der Waals surface area (Å²) < 4.78 is 11.9. The van der Waals surface area contributed by atoms with E-state index in [1.807, 2.05) is 30.3 Å². The van der Waals surface area contributed by atoms with Gasteiger partial charge in [0.15, 0.2) is 11.5 Å². The van der Waals surface area contributed by atoms with Crippen LogP contribution in [0.1, 0.15) is 24.3 Å². The van der Waals surface area contributed by atoms with Crippen molar-refractivity contribution in [2.24, 2.45) is 0 Å². The first kappa shape index (κ1) is 18.1. The minimum Gasteiger partial charge on any atom is -0.454 e. The molecule has 0 saturated heterocycles. The number of hydrogen-bond acceptors (Lipinski definition) is 4. The molecular formula is C18H21BrN2O3S. The molecule has 1 aliphatic rings. The van der Waals surface area contributed by atoms with Crippen LogP contribution in [0.2, 0.25) is 0 Å². The third kappa shape index (κ3) is 4.27. The molecule has 0 radical (unpaired) electrons. The SMILES string of the molecule is CN(Cc1ccc(Br)s1)C(=O)NCC(C)(C)c1ccc2c(c1)OCO2. The van der Waals surface area contributed by atoms with Crippen molar-refractivity contribution in [2.45, 2.75) is 25.8 Å². The molecule has 0 saturated carbocycles. The number of benzene rings is 1. The number of thiophene rings is 1. The molecule has 2 aromatic rings. The van der Waals surface area contributed by atoms with Crippen molar-refractivity contribution >= 4 is 33.3 Å². The summed E-state index contributed by atoms with van der Waals surface area (Å²) >= 11 is 5.08. The van der Waals surface area contributed by atoms with Crippen LogP contribution in [0.15, 0.2) is 34.1 Å². The predicted molar refractivity (Wildman–Crippen MR) is 102 cm³/mol. The van der Waals surface area contributed by atoms with Gasteiger partial charge in [0.2, 0.25) is 6.79 Å². The van der Waals surface area contributed by atoms with Gasteiger partial charge in [0.05, 0.1) is 10.3 Å². The Hall–Kier alpha value is -1.73. The van der Waals surface area contributed by atoms with Crippen LogP contribution in [0.4, 0.5) is 4.79 Å². The van der Waals surface area contributed by atoms with E-state index in [9.17, 15) is 4.79 Å². The second-order valence-corrected chi connectivity index (χ2v) is 9.22. The number of amides is 2. The topological polar surface area (TPSA) is 50.8 Å². The highest BCUT2D eigenvalue weighted by Gasteiger charge is 2.25. The van der Waals surface area contributed by atoms with Crippen molar-refractivity contribution in [3.05, 3.63) is 44.6 Å². The van der Waals surface area contributed by atoms with Crippen molar-refractivity contribution in [1.29, 1.82) is 0 Å². The monoisotopic (exact) mass is 424 g/mol. The molecule has 1 aromatic carbocycles. The third-order valence-electron chi connectivity index (χ3n) is 4.20. The predicted octanol–water partition coefficient (Wildman–Crippen LogP) is 4.36. The molecule has 1 N–H and O–H groups in total. The van der Waals surface area contributed by atoms with E-state index in [2.05, 4.69) is 35.1 Å². The van der Waals surface area contributed by atoms with Gasteiger partial charge in [-0.1, -0.05) is 19.9 Å². The Kier molecular flexibility index (Phi) is 5.24. The zero-order valence-corrected chi connectivity index (χ0v) is 16.9. The number of ether oxygens (including phenoxy) is 2. The van der Waals surface area contributed by atoms with E-state index in [1.165, 1.54) is 0 Å². The lowest BCUT2D eigenvalue weighted by atomic mass is 9.84. The molecule has 5 nitrogen and oxygen atoms in total. The van der Waals surface area contributed by atoms with Gasteiger partial charge in [-0.15, -0.1) is 11.3 Å². The second-order valence-electron chi connectivity index (χ2n) is 6.67. The maximum atomic E-state index is 12.4. The molecule has 0 aliphatic carbocycles. The highest BCUT2D eigenvalue weighted by Crippen LogP contribution is 2.36. The summed E-state index contributed by atoms with van der Waals surface area (Å²) in [5.74, 6) is 1.53. The Morgan fingerprint density at radius 1 is 1.28 bits per heavy atom. The fraction of sp³-hybridized carbons (Fsp3) is 0.389. The standard InChI is InChI=1S/C18H21BrN2O3S/c1-18(2,12-4-6-14-15(8-12)24-11-23-14)10-20-17(22)21(3)9-13-5-7-16(19)25-13/h4-8H,9-11H2,1-3H3,(H,20,22). The number of urea groups is 1. The quantitative estimate of drug-likeness (QED) is 0.775. The summed E-state index contributed by atoms with van der Waals surface area (Å²) in [6.45, 7) is 5.58. The van der Waals surface area contributed by atoms with E-state index in [4.69, 9.17) is 9.47 Å². The van der Waals surface area contributed by atoms with E-state index in [0.717, 1.165) is 25.7 Å². The molecule has 0 atom stereocenters. The average Bonchev–Trinajstić information content (AvgIpc) is 3.20. The van der Waals surface area contributed by atoms with Crippen LogP contribution in [0, 0.1) is 0 Å². The van der Waals surface area contributed by atoms with Crippen LogP contribution in [-0.2, 0) is 12.0 Å². The van der Waals surface area contributed by atoms with E-state index < -0.39 is 0 Å². The molecule has 7 heteroatoms. The summed E-state index contributed by atoms with van der Waals surface area (Å²) in [6.07, 6.45) is 0. The van der Waals surface area contributed by atoms with Gasteiger partial charge in [0.25, 0.3) is 0 Å². The van der Waals surface area contributed by atoms with Crippen LogP contribution in [-0.4, -0.2) is 31.3 Å². The first-order valence-corrected chi connectivity index (χ1v) is 9.59. The van der Waals surface area contributed by atoms with Crippen LogP contribution in [0.3, 0.4) is 0 Å². The molecule has 2 amide bonds. The van der Waals surface area contributed by atoms with Gasteiger partial charge in [-0.3, -0.25) is 0 Å². The number of fused-ring (bicyclic) bond motifs is 1. The molecule has 3 rings (SSSR count). The summed E-state index contributed by atoms with van der Waals surface area (Å²) in [6, 6.07) is 9.86. The van der Waals surface area contributed by atoms with E-state index in [-0.39, 0.29) is 18.2 Å². The molecular weight excluding hydrogens is 404 g/mol. The maximum absolute atomic E-state index is 12.4. The lowest BCUT2D eigenvalue weighted by Crippen LogP contribution is -2.42. The highest BCUT2D eigenvalue weighted by atomic mass is 79.9. The lowest BCUT2D eigenvalue weighted by molar-refractivity contribution is 0.174. The van der Waals surface area contributed by atoms with Gasteiger partial charge in [-0.25, -0.2) is 4.79 Å². The molecule has 134 valence electrons. The molecule has 0 bridgehead atoms. The van der Waals surface area contributed by atoms with Crippen molar-refractivity contribution in [3.8, 4) is 11.5 Å². The van der Waals surface area contributed by atoms with Gasteiger partial charge in [-0.05, 0) is 45.8 Å². The Bertz CT molecular complexity index is 775. The van der Waals surface area contributed by atoms with Crippen LogP contribution in [0.25, 0.3) is 0 Å². The first-order valence-electron chi connectivity index (χ1n) is 7.98. The van der Waals surface area contributed by atoms with Gasteiger partial charge in [-0.2, -0.15) is 0 Å². The number of carbonyl (C=O) groups excluding carboxylic acids is 1. The van der Waals surface area contributed by atoms with Gasteiger partial charge >= 0.3 is 6.03 Å². The number of hydrogen-bond donors (Lipinski definition) is 1. The molecule has 2 heterocycles. The number of nitrogens with zero attached hydrogens (tertiary/aromatic N) is 1. The van der Waals surface area contributed by atoms with Crippen molar-refractivity contribution in [3.63, 3.8) is 0 Å². The van der Waals surface area contributed by atoms with E-state index in [1.54, 1.807) is 23.3 Å². The molecule has 1 aromatic heterocycles. The highest BCUT2D eigenvalue weighted by molar-refractivity contribution is 9.11. The van der Waals surface area contributed by atoms with Crippen LogP contribution in [0.5, 0.6) is 11.5 Å². The Balaban J connectivity index is 1.58. The summed E-state index contributed by atoms with van der Waals surface area (Å²) in [5.41, 5.74) is 0.880. The Labute approximate surface area is 160 Å². The van der Waals surface area contributed by atoms with E-state index >= 15 is 0 Å². The Morgan fingerprint density at radius 2 is 2.04 bits per heavy atom. The lowest BCUT2D eigenvalue weighted by Gasteiger charge is -2.27. The zero-order chi connectivity index (χ0) is 18.0. The van der Waals surface area contributed by atoms with Crippen molar-refractivity contribution in [2.75, 3.05) is 20.4 Å². The minimum atomic E-state index is -0.219. The Morgan fingerprint density at radius 3 is 2.76 bits per heavy atom. The minimum absolute atomic E-state index is 0.0849. The molecule has 25 heavy (non-hydrogen) atoms. The number of halogens is 1. The second kappa shape index (κ2) is 7.25. The van der Waals surface area contributed by atoms with Gasteiger partial charge in [0.1, 0.15) is 0 Å². The summed E-state index contributed by atoms with van der Waals surface area (Å²) in [5, 5.41) is 3.02. The molecule has 0 spiro atoms. The smallest absolute Gasteiger partial charge is 0.317 e. The molecule has 0 unspecified atom stereocenters. The van der Waals surface area contributed by atoms with Crippen LogP contribution < -0.4 is 14.8 Å².